The zero-order valence-corrected chi connectivity index (χ0v) is 16.5. The van der Waals surface area contributed by atoms with Crippen LogP contribution in [0, 0.1) is 5.92 Å². The second kappa shape index (κ2) is 7.70. The fourth-order valence-corrected chi connectivity index (χ4v) is 3.36. The average Bonchev–Trinajstić information content (AvgIpc) is 2.92. The Morgan fingerprint density at radius 1 is 1.30 bits per heavy atom. The molecule has 3 heterocycles. The first-order valence-electron chi connectivity index (χ1n) is 9.48. The van der Waals surface area contributed by atoms with E-state index in [-0.39, 0.29) is 18.3 Å². The minimum Gasteiger partial charge on any atom is -0.444 e. The fourth-order valence-electron chi connectivity index (χ4n) is 3.36. The van der Waals surface area contributed by atoms with Gasteiger partial charge in [0.15, 0.2) is 5.82 Å². The largest absolute Gasteiger partial charge is 0.444 e. The maximum atomic E-state index is 12.2. The second-order valence-corrected chi connectivity index (χ2v) is 8.29. The molecule has 0 N–H and O–H groups in total. The van der Waals surface area contributed by atoms with Gasteiger partial charge in [-0.2, -0.15) is 0 Å². The Morgan fingerprint density at radius 3 is 2.59 bits per heavy atom. The Kier molecular flexibility index (Phi) is 5.53. The normalized spacial score (nSPS) is 21.3. The first kappa shape index (κ1) is 19.4. The van der Waals surface area contributed by atoms with Crippen molar-refractivity contribution >= 4 is 18.0 Å². The molecule has 0 aliphatic carbocycles. The van der Waals surface area contributed by atoms with Crippen LogP contribution in [-0.2, 0) is 15.9 Å². The molecule has 8 nitrogen and oxygen atoms in total. The number of piperidine rings is 1. The first-order chi connectivity index (χ1) is 12.7. The van der Waals surface area contributed by atoms with Crippen molar-refractivity contribution in [3.05, 3.63) is 18.1 Å². The van der Waals surface area contributed by atoms with Gasteiger partial charge in [0.2, 0.25) is 0 Å². The lowest BCUT2D eigenvalue weighted by Crippen LogP contribution is -2.42. The molecule has 2 aliphatic heterocycles. The number of hydrogen-bond donors (Lipinski definition) is 0. The first-order valence-corrected chi connectivity index (χ1v) is 9.48. The van der Waals surface area contributed by atoms with E-state index in [4.69, 9.17) is 9.47 Å². The topological polar surface area (TPSA) is 84.9 Å². The molecule has 0 spiro atoms. The molecule has 2 fully saturated rings. The van der Waals surface area contributed by atoms with Gasteiger partial charge >= 0.3 is 12.2 Å². The molecule has 3 rings (SSSR count). The number of hydrogen-bond acceptors (Lipinski definition) is 6. The highest BCUT2D eigenvalue weighted by molar-refractivity contribution is 5.88. The lowest BCUT2D eigenvalue weighted by molar-refractivity contribution is 0.0184. The highest BCUT2D eigenvalue weighted by atomic mass is 16.6. The van der Waals surface area contributed by atoms with E-state index in [1.165, 1.54) is 4.90 Å². The zero-order chi connectivity index (χ0) is 19.6. The monoisotopic (exact) mass is 376 g/mol. The lowest BCUT2D eigenvalue weighted by Gasteiger charge is -2.33. The molecular weight excluding hydrogens is 348 g/mol. The number of carbonyl (C=O) groups excluding carboxylic acids is 2. The van der Waals surface area contributed by atoms with Gasteiger partial charge in [0.25, 0.3) is 0 Å². The summed E-state index contributed by atoms with van der Waals surface area (Å²) >= 11 is 0. The number of rotatable bonds is 3. The van der Waals surface area contributed by atoms with Crippen LogP contribution >= 0.6 is 0 Å². The summed E-state index contributed by atoms with van der Waals surface area (Å²) in [6, 6.07) is 0. The second-order valence-electron chi connectivity index (χ2n) is 8.29. The Balaban J connectivity index is 1.54. The minimum absolute atomic E-state index is 0.139. The Labute approximate surface area is 159 Å². The van der Waals surface area contributed by atoms with Crippen molar-refractivity contribution in [2.75, 3.05) is 24.5 Å². The predicted octanol–water partition coefficient (Wildman–Crippen LogP) is 3.01. The van der Waals surface area contributed by atoms with E-state index in [1.54, 1.807) is 17.3 Å². The molecule has 2 amide bonds. The zero-order valence-electron chi connectivity index (χ0n) is 16.5. The number of cyclic esters (lactones) is 1. The predicted molar refractivity (Wildman–Crippen MR) is 99.6 cm³/mol. The van der Waals surface area contributed by atoms with Gasteiger partial charge in [-0.1, -0.05) is 0 Å². The fraction of sp³-hybridized carbons (Fsp3) is 0.684. The number of carbonyl (C=O) groups is 2. The van der Waals surface area contributed by atoms with Crippen LogP contribution in [0.4, 0.5) is 15.4 Å². The van der Waals surface area contributed by atoms with E-state index in [2.05, 4.69) is 9.97 Å². The van der Waals surface area contributed by atoms with E-state index < -0.39 is 5.60 Å². The SMILES string of the molecule is CC1CN(c2cncc(CC3CCN(C(=O)OC(C)(C)C)CC3)n2)C(=O)O1. The van der Waals surface area contributed by atoms with Gasteiger partial charge in [0, 0.05) is 19.3 Å². The summed E-state index contributed by atoms with van der Waals surface area (Å²) < 4.78 is 10.6. The van der Waals surface area contributed by atoms with E-state index in [9.17, 15) is 9.59 Å². The molecule has 0 saturated carbocycles. The van der Waals surface area contributed by atoms with Crippen molar-refractivity contribution in [1.29, 1.82) is 0 Å². The molecule has 2 saturated heterocycles. The number of ether oxygens (including phenoxy) is 2. The number of amides is 2. The Morgan fingerprint density at radius 2 is 2.00 bits per heavy atom. The molecule has 27 heavy (non-hydrogen) atoms. The molecule has 8 heteroatoms. The smallest absolute Gasteiger partial charge is 0.415 e. The van der Waals surface area contributed by atoms with Gasteiger partial charge in [-0.25, -0.2) is 14.6 Å². The standard InChI is InChI=1S/C19H28N4O4/c1-13-12-23(18(25)26-13)16-11-20-10-15(21-16)9-14-5-7-22(8-6-14)17(24)27-19(2,3)4/h10-11,13-14H,5-9,12H2,1-4H3. The van der Waals surface area contributed by atoms with Gasteiger partial charge < -0.3 is 14.4 Å². The van der Waals surface area contributed by atoms with Crippen LogP contribution in [0.25, 0.3) is 0 Å². The maximum absolute atomic E-state index is 12.2. The van der Waals surface area contributed by atoms with Crippen molar-refractivity contribution in [3.8, 4) is 0 Å². The van der Waals surface area contributed by atoms with Gasteiger partial charge in [0.05, 0.1) is 18.4 Å². The summed E-state index contributed by atoms with van der Waals surface area (Å²) in [7, 11) is 0. The van der Waals surface area contributed by atoms with Crippen molar-refractivity contribution in [2.24, 2.45) is 5.92 Å². The summed E-state index contributed by atoms with van der Waals surface area (Å²) in [4.78, 5) is 36.2. The van der Waals surface area contributed by atoms with E-state index >= 15 is 0 Å². The van der Waals surface area contributed by atoms with Crippen molar-refractivity contribution < 1.29 is 19.1 Å². The molecule has 0 aromatic carbocycles. The molecule has 0 radical (unpaired) electrons. The molecule has 1 aromatic rings. The summed E-state index contributed by atoms with van der Waals surface area (Å²) in [6.07, 6.45) is 5.15. The quantitative estimate of drug-likeness (QED) is 0.806. The summed E-state index contributed by atoms with van der Waals surface area (Å²) in [5.41, 5.74) is 0.383. The highest BCUT2D eigenvalue weighted by Crippen LogP contribution is 2.24. The van der Waals surface area contributed by atoms with Crippen LogP contribution in [-0.4, -0.2) is 58.4 Å². The average molecular weight is 376 g/mol. The Hall–Kier alpha value is -2.38. The number of aromatic nitrogens is 2. The molecule has 2 aliphatic rings. The number of likely N-dealkylation sites (tertiary alicyclic amines) is 1. The third-order valence-corrected chi connectivity index (χ3v) is 4.67. The third-order valence-electron chi connectivity index (χ3n) is 4.67. The third kappa shape index (κ3) is 5.08. The van der Waals surface area contributed by atoms with E-state index in [0.29, 0.717) is 31.4 Å². The van der Waals surface area contributed by atoms with Gasteiger partial charge in [0.1, 0.15) is 11.7 Å². The van der Waals surface area contributed by atoms with Crippen LogP contribution in [0.2, 0.25) is 0 Å². The van der Waals surface area contributed by atoms with Crippen LogP contribution < -0.4 is 4.90 Å². The Bertz CT molecular complexity index is 695. The molecule has 1 atom stereocenters. The number of nitrogens with zero attached hydrogens (tertiary/aromatic N) is 4. The van der Waals surface area contributed by atoms with E-state index in [1.807, 2.05) is 27.7 Å². The van der Waals surface area contributed by atoms with Crippen LogP contribution in [0.15, 0.2) is 12.4 Å². The summed E-state index contributed by atoms with van der Waals surface area (Å²) in [6.45, 7) is 9.34. The molecule has 1 unspecified atom stereocenters. The molecule has 1 aromatic heterocycles. The number of anilines is 1. The van der Waals surface area contributed by atoms with E-state index in [0.717, 1.165) is 25.0 Å². The summed E-state index contributed by atoms with van der Waals surface area (Å²) in [5.74, 6) is 0.964. The molecular formula is C19H28N4O4. The van der Waals surface area contributed by atoms with Crippen LogP contribution in [0.5, 0.6) is 0 Å². The maximum Gasteiger partial charge on any atom is 0.415 e. The van der Waals surface area contributed by atoms with Crippen LogP contribution in [0.3, 0.4) is 0 Å². The minimum atomic E-state index is -0.474. The van der Waals surface area contributed by atoms with Gasteiger partial charge in [-0.3, -0.25) is 9.88 Å². The van der Waals surface area contributed by atoms with Gasteiger partial charge in [-0.15, -0.1) is 0 Å². The van der Waals surface area contributed by atoms with Crippen molar-refractivity contribution in [1.82, 2.24) is 14.9 Å². The van der Waals surface area contributed by atoms with Gasteiger partial charge in [-0.05, 0) is 52.9 Å². The van der Waals surface area contributed by atoms with Crippen LogP contribution in [0.1, 0.15) is 46.2 Å². The molecule has 0 bridgehead atoms. The highest BCUT2D eigenvalue weighted by Gasteiger charge is 2.31. The van der Waals surface area contributed by atoms with Crippen molar-refractivity contribution in [3.63, 3.8) is 0 Å². The lowest BCUT2D eigenvalue weighted by atomic mass is 9.92. The van der Waals surface area contributed by atoms with Crippen molar-refractivity contribution in [2.45, 2.75) is 58.7 Å². The summed E-state index contributed by atoms with van der Waals surface area (Å²) in [5, 5.41) is 0. The molecule has 148 valence electrons.